The number of carbonyl (C=O) groups is 1. The number of amides is 1. The molecule has 0 unspecified atom stereocenters. The Labute approximate surface area is 201 Å². The summed E-state index contributed by atoms with van der Waals surface area (Å²) >= 11 is 6.14. The van der Waals surface area contributed by atoms with Gasteiger partial charge in [-0.3, -0.25) is 14.8 Å². The van der Waals surface area contributed by atoms with Gasteiger partial charge in [0.2, 0.25) is 0 Å². The standard InChI is InChI=1S/C27H22ClFN4O/c1-16-2-4-18-5-3-17(11-25(18)33-16)10-21-12-20(7-8-30-21)27(34)31-9-6-19-13-22-23(28)15-32-26(22)14-24(19)29/h2-5,7-8,11-15,32H,6,9-10H2,1H3,(H,31,34). The van der Waals surface area contributed by atoms with Crippen molar-refractivity contribution in [2.75, 3.05) is 6.54 Å². The van der Waals surface area contributed by atoms with Crippen LogP contribution >= 0.6 is 11.6 Å². The predicted octanol–water partition coefficient (Wildman–Crippen LogP) is 5.78. The van der Waals surface area contributed by atoms with Gasteiger partial charge < -0.3 is 10.3 Å². The zero-order chi connectivity index (χ0) is 23.7. The van der Waals surface area contributed by atoms with Crippen molar-refractivity contribution in [2.45, 2.75) is 19.8 Å². The van der Waals surface area contributed by atoms with Gasteiger partial charge in [-0.25, -0.2) is 4.39 Å². The molecule has 0 radical (unpaired) electrons. The smallest absolute Gasteiger partial charge is 0.251 e. The summed E-state index contributed by atoms with van der Waals surface area (Å²) in [7, 11) is 0. The lowest BCUT2D eigenvalue weighted by Gasteiger charge is -2.08. The van der Waals surface area contributed by atoms with E-state index < -0.39 is 0 Å². The van der Waals surface area contributed by atoms with Crippen LogP contribution in [0.25, 0.3) is 21.8 Å². The van der Waals surface area contributed by atoms with Gasteiger partial charge in [-0.15, -0.1) is 0 Å². The molecule has 2 aromatic carbocycles. The number of aromatic nitrogens is 3. The lowest BCUT2D eigenvalue weighted by molar-refractivity contribution is 0.0954. The van der Waals surface area contributed by atoms with Crippen LogP contribution in [0, 0.1) is 12.7 Å². The Hall–Kier alpha value is -3.77. The third-order valence-electron chi connectivity index (χ3n) is 5.84. The maximum atomic E-state index is 14.4. The Balaban J connectivity index is 1.25. The summed E-state index contributed by atoms with van der Waals surface area (Å²) in [6.45, 7) is 2.27. The molecule has 0 aliphatic carbocycles. The normalized spacial score (nSPS) is 11.3. The highest BCUT2D eigenvalue weighted by Crippen LogP contribution is 2.26. The van der Waals surface area contributed by atoms with Gasteiger partial charge in [0.05, 0.1) is 10.5 Å². The number of pyridine rings is 2. The van der Waals surface area contributed by atoms with Gasteiger partial charge in [-0.05, 0) is 60.9 Å². The number of benzene rings is 2. The lowest BCUT2D eigenvalue weighted by Crippen LogP contribution is -2.26. The fourth-order valence-electron chi connectivity index (χ4n) is 4.06. The molecule has 3 heterocycles. The van der Waals surface area contributed by atoms with Crippen LogP contribution in [0.5, 0.6) is 0 Å². The number of aromatic amines is 1. The van der Waals surface area contributed by atoms with Crippen molar-refractivity contribution >= 4 is 39.3 Å². The van der Waals surface area contributed by atoms with E-state index in [-0.39, 0.29) is 11.7 Å². The first kappa shape index (κ1) is 22.0. The first-order valence-electron chi connectivity index (χ1n) is 11.0. The molecule has 34 heavy (non-hydrogen) atoms. The SMILES string of the molecule is Cc1ccc2ccc(Cc3cc(C(=O)NCCc4cc5c(Cl)c[nH]c5cc4F)ccn3)cc2n1. The second-order valence-corrected chi connectivity index (χ2v) is 8.73. The summed E-state index contributed by atoms with van der Waals surface area (Å²) in [6, 6.07) is 16.8. The number of carbonyl (C=O) groups excluding carboxylic acids is 1. The van der Waals surface area contributed by atoms with Crippen molar-refractivity contribution in [3.63, 3.8) is 0 Å². The topological polar surface area (TPSA) is 70.7 Å². The van der Waals surface area contributed by atoms with E-state index in [0.29, 0.717) is 41.1 Å². The van der Waals surface area contributed by atoms with E-state index in [1.807, 2.05) is 19.1 Å². The molecule has 1 amide bonds. The third kappa shape index (κ3) is 4.63. The van der Waals surface area contributed by atoms with Crippen LogP contribution in [0.3, 0.4) is 0 Å². The van der Waals surface area contributed by atoms with Crippen molar-refractivity contribution in [3.05, 3.63) is 106 Å². The molecule has 170 valence electrons. The molecule has 0 saturated carbocycles. The van der Waals surface area contributed by atoms with Gasteiger partial charge in [0.1, 0.15) is 5.82 Å². The molecule has 5 nitrogen and oxygen atoms in total. The van der Waals surface area contributed by atoms with Crippen LogP contribution in [0.1, 0.15) is 32.9 Å². The van der Waals surface area contributed by atoms with Crippen LogP contribution in [-0.2, 0) is 12.8 Å². The van der Waals surface area contributed by atoms with Crippen LogP contribution in [-0.4, -0.2) is 27.4 Å². The highest BCUT2D eigenvalue weighted by Gasteiger charge is 2.11. The summed E-state index contributed by atoms with van der Waals surface area (Å²) in [5.74, 6) is -0.549. The Morgan fingerprint density at radius 3 is 2.85 bits per heavy atom. The minimum Gasteiger partial charge on any atom is -0.360 e. The van der Waals surface area contributed by atoms with Crippen LogP contribution in [0.4, 0.5) is 4.39 Å². The number of nitrogens with one attached hydrogen (secondary N) is 2. The average molecular weight is 473 g/mol. The molecule has 0 atom stereocenters. The van der Waals surface area contributed by atoms with Crippen molar-refractivity contribution in [1.82, 2.24) is 20.3 Å². The second kappa shape index (κ2) is 9.23. The van der Waals surface area contributed by atoms with Gasteiger partial charge in [-0.1, -0.05) is 29.8 Å². The fourth-order valence-corrected chi connectivity index (χ4v) is 4.27. The van der Waals surface area contributed by atoms with Crippen molar-refractivity contribution in [3.8, 4) is 0 Å². The third-order valence-corrected chi connectivity index (χ3v) is 6.15. The Bertz CT molecular complexity index is 1530. The summed E-state index contributed by atoms with van der Waals surface area (Å²) in [6.07, 6.45) is 4.22. The molecule has 5 rings (SSSR count). The number of fused-ring (bicyclic) bond motifs is 2. The van der Waals surface area contributed by atoms with E-state index >= 15 is 0 Å². The van der Waals surface area contributed by atoms with Gasteiger partial charge >= 0.3 is 0 Å². The number of aryl methyl sites for hydroxylation is 1. The molecule has 0 bridgehead atoms. The Kier molecular flexibility index (Phi) is 5.99. The number of rotatable bonds is 6. The molecular weight excluding hydrogens is 451 g/mol. The lowest BCUT2D eigenvalue weighted by atomic mass is 10.0. The summed E-state index contributed by atoms with van der Waals surface area (Å²) < 4.78 is 14.4. The number of nitrogens with zero attached hydrogens (tertiary/aromatic N) is 2. The Morgan fingerprint density at radius 1 is 1.12 bits per heavy atom. The first-order chi connectivity index (χ1) is 16.5. The molecule has 0 aliphatic rings. The maximum absolute atomic E-state index is 14.4. The van der Waals surface area contributed by atoms with Gasteiger partial charge in [0.15, 0.2) is 0 Å². The molecule has 7 heteroatoms. The fraction of sp³-hybridized carbons (Fsp3) is 0.148. The van der Waals surface area contributed by atoms with Crippen LogP contribution in [0.15, 0.2) is 67.0 Å². The summed E-state index contributed by atoms with van der Waals surface area (Å²) in [5, 5.41) is 5.27. The zero-order valence-corrected chi connectivity index (χ0v) is 19.3. The predicted molar refractivity (Wildman–Crippen MR) is 133 cm³/mol. The van der Waals surface area contributed by atoms with Crippen LogP contribution in [0.2, 0.25) is 5.02 Å². The molecule has 5 aromatic rings. The highest BCUT2D eigenvalue weighted by atomic mass is 35.5. The second-order valence-electron chi connectivity index (χ2n) is 8.32. The summed E-state index contributed by atoms with van der Waals surface area (Å²) in [5.41, 5.74) is 5.45. The highest BCUT2D eigenvalue weighted by molar-refractivity contribution is 6.35. The van der Waals surface area contributed by atoms with Gasteiger partial charge in [0, 0.05) is 58.6 Å². The first-order valence-corrected chi connectivity index (χ1v) is 11.4. The van der Waals surface area contributed by atoms with E-state index in [4.69, 9.17) is 11.6 Å². The average Bonchev–Trinajstić information content (AvgIpc) is 3.18. The zero-order valence-electron chi connectivity index (χ0n) is 18.5. The van der Waals surface area contributed by atoms with E-state index in [0.717, 1.165) is 33.2 Å². The number of hydrogen-bond acceptors (Lipinski definition) is 3. The summed E-state index contributed by atoms with van der Waals surface area (Å²) in [4.78, 5) is 24.6. The quantitative estimate of drug-likeness (QED) is 0.329. The van der Waals surface area contributed by atoms with Crippen molar-refractivity contribution < 1.29 is 9.18 Å². The largest absolute Gasteiger partial charge is 0.360 e. The number of halogens is 2. The van der Waals surface area contributed by atoms with Crippen LogP contribution < -0.4 is 5.32 Å². The van der Waals surface area contributed by atoms with Gasteiger partial charge in [0.25, 0.3) is 5.91 Å². The van der Waals surface area contributed by atoms with Crippen molar-refractivity contribution in [2.24, 2.45) is 0 Å². The maximum Gasteiger partial charge on any atom is 0.251 e. The molecule has 0 fully saturated rings. The van der Waals surface area contributed by atoms with Crippen molar-refractivity contribution in [1.29, 1.82) is 0 Å². The van der Waals surface area contributed by atoms with E-state index in [9.17, 15) is 9.18 Å². The monoisotopic (exact) mass is 472 g/mol. The molecule has 0 aliphatic heterocycles. The van der Waals surface area contributed by atoms with E-state index in [1.165, 1.54) is 6.07 Å². The van der Waals surface area contributed by atoms with E-state index in [1.54, 1.807) is 30.6 Å². The Morgan fingerprint density at radius 2 is 1.97 bits per heavy atom. The molecule has 0 spiro atoms. The van der Waals surface area contributed by atoms with Gasteiger partial charge in [-0.2, -0.15) is 0 Å². The number of H-pyrrole nitrogens is 1. The number of hydrogen-bond donors (Lipinski definition) is 2. The molecule has 0 saturated heterocycles. The minimum atomic E-state index is -0.327. The molecule has 2 N–H and O–H groups in total. The van der Waals surface area contributed by atoms with E-state index in [2.05, 4.69) is 38.5 Å². The molecular formula is C27H22ClFN4O. The molecule has 3 aromatic heterocycles. The minimum absolute atomic E-state index is 0.222.